The third-order valence-electron chi connectivity index (χ3n) is 3.43. The summed E-state index contributed by atoms with van der Waals surface area (Å²) in [6, 6.07) is 7.13. The molecule has 0 aliphatic rings. The van der Waals surface area contributed by atoms with Crippen LogP contribution in [-0.4, -0.2) is 38.5 Å². The molecule has 0 spiro atoms. The van der Waals surface area contributed by atoms with Crippen LogP contribution in [0.1, 0.15) is 13.3 Å². The van der Waals surface area contributed by atoms with Crippen molar-refractivity contribution in [2.45, 2.75) is 26.2 Å². The van der Waals surface area contributed by atoms with E-state index in [1.807, 2.05) is 13.0 Å². The molecule has 0 amide bonds. The van der Waals surface area contributed by atoms with Gasteiger partial charge in [-0.25, -0.2) is 4.68 Å². The maximum atomic E-state index is 12.7. The molecule has 0 aliphatic carbocycles. The van der Waals surface area contributed by atoms with E-state index in [0.29, 0.717) is 34.1 Å². The maximum absolute atomic E-state index is 12.7. The van der Waals surface area contributed by atoms with E-state index in [1.54, 1.807) is 29.8 Å². The summed E-state index contributed by atoms with van der Waals surface area (Å²) in [6.07, 6.45) is -3.66. The molecule has 2 rings (SSSR count). The number of hydrogen-bond acceptors (Lipinski definition) is 3. The second-order valence-electron chi connectivity index (χ2n) is 5.45. The quantitative estimate of drug-likeness (QED) is 0.692. The molecule has 0 bridgehead atoms. The first-order chi connectivity index (χ1) is 11.2. The van der Waals surface area contributed by atoms with E-state index < -0.39 is 12.7 Å². The van der Waals surface area contributed by atoms with E-state index in [9.17, 15) is 13.2 Å². The summed E-state index contributed by atoms with van der Waals surface area (Å²) in [4.78, 5) is 1.28. The molecule has 0 atom stereocenters. The van der Waals surface area contributed by atoms with Crippen molar-refractivity contribution in [2.75, 3.05) is 13.1 Å². The Hall–Kier alpha value is -1.38. The van der Waals surface area contributed by atoms with Gasteiger partial charge in [0.05, 0.1) is 18.2 Å². The number of hydrogen-bond donors (Lipinski definition) is 0. The molecular formula is C15H18ClF3N4S. The highest BCUT2D eigenvalue weighted by molar-refractivity contribution is 7.71. The number of halogens is 4. The Kier molecular flexibility index (Phi) is 6.06. The van der Waals surface area contributed by atoms with Gasteiger partial charge >= 0.3 is 6.18 Å². The van der Waals surface area contributed by atoms with Crippen molar-refractivity contribution in [1.29, 1.82) is 0 Å². The van der Waals surface area contributed by atoms with Crippen LogP contribution < -0.4 is 0 Å². The van der Waals surface area contributed by atoms with Gasteiger partial charge in [0.15, 0.2) is 10.6 Å². The molecule has 2 aromatic rings. The molecule has 0 unspecified atom stereocenters. The number of nitrogens with zero attached hydrogens (tertiary/aromatic N) is 4. The van der Waals surface area contributed by atoms with Gasteiger partial charge in [0.25, 0.3) is 0 Å². The van der Waals surface area contributed by atoms with Gasteiger partial charge < -0.3 is 4.57 Å². The molecule has 24 heavy (non-hydrogen) atoms. The Bertz CT molecular complexity index is 754. The van der Waals surface area contributed by atoms with Crippen LogP contribution in [0.2, 0.25) is 5.02 Å². The average molecular weight is 379 g/mol. The van der Waals surface area contributed by atoms with Gasteiger partial charge in [-0.3, -0.25) is 4.90 Å². The van der Waals surface area contributed by atoms with Crippen molar-refractivity contribution in [3.05, 3.63) is 34.1 Å². The fraction of sp³-hybridized carbons (Fsp3) is 0.467. The predicted molar refractivity (Wildman–Crippen MR) is 90.4 cm³/mol. The van der Waals surface area contributed by atoms with Gasteiger partial charge in [0.2, 0.25) is 0 Å². The Morgan fingerprint density at radius 3 is 2.54 bits per heavy atom. The summed E-state index contributed by atoms with van der Waals surface area (Å²) in [5.41, 5.74) is 0.685. The Labute approximate surface area is 148 Å². The summed E-state index contributed by atoms with van der Waals surface area (Å²) < 4.78 is 41.5. The van der Waals surface area contributed by atoms with Gasteiger partial charge in [0, 0.05) is 12.6 Å². The van der Waals surface area contributed by atoms with Crippen LogP contribution >= 0.6 is 23.8 Å². The average Bonchev–Trinajstić information content (AvgIpc) is 2.75. The van der Waals surface area contributed by atoms with Crippen molar-refractivity contribution < 1.29 is 13.2 Å². The van der Waals surface area contributed by atoms with E-state index in [1.165, 1.54) is 9.58 Å². The highest BCUT2D eigenvalue weighted by atomic mass is 35.5. The summed E-state index contributed by atoms with van der Waals surface area (Å²) in [5.74, 6) is 0.522. The zero-order valence-electron chi connectivity index (χ0n) is 13.3. The van der Waals surface area contributed by atoms with E-state index in [0.717, 1.165) is 0 Å². The minimum absolute atomic E-state index is 0.0233. The standard InChI is InChI=1S/C15H18ClF3N4S/c1-3-8-22(9-15(17,18)19)10-23-14(24)21(2)13(20-23)11-6-4-5-7-12(11)16/h4-7H,3,8-10H2,1-2H3. The van der Waals surface area contributed by atoms with Gasteiger partial charge in [-0.05, 0) is 37.3 Å². The van der Waals surface area contributed by atoms with Gasteiger partial charge in [0.1, 0.15) is 0 Å². The molecule has 0 saturated carbocycles. The number of rotatable bonds is 6. The topological polar surface area (TPSA) is 26.0 Å². The molecule has 0 aliphatic heterocycles. The smallest absolute Gasteiger partial charge is 0.303 e. The van der Waals surface area contributed by atoms with Crippen LogP contribution in [0, 0.1) is 4.77 Å². The molecule has 0 radical (unpaired) electrons. The molecule has 0 fully saturated rings. The SMILES string of the molecule is CCCN(Cn1nc(-c2ccccc2Cl)n(C)c1=S)CC(F)(F)F. The van der Waals surface area contributed by atoms with Crippen LogP contribution in [0.5, 0.6) is 0 Å². The lowest BCUT2D eigenvalue weighted by atomic mass is 10.2. The minimum Gasteiger partial charge on any atom is -0.303 e. The van der Waals surface area contributed by atoms with Gasteiger partial charge in [-0.1, -0.05) is 30.7 Å². The minimum atomic E-state index is -4.27. The van der Waals surface area contributed by atoms with Crippen LogP contribution in [0.4, 0.5) is 13.2 Å². The van der Waals surface area contributed by atoms with Crippen LogP contribution in [-0.2, 0) is 13.7 Å². The lowest BCUT2D eigenvalue weighted by Crippen LogP contribution is -2.36. The number of aromatic nitrogens is 3. The molecule has 132 valence electrons. The summed E-state index contributed by atoms with van der Waals surface area (Å²) in [7, 11) is 1.72. The maximum Gasteiger partial charge on any atom is 0.401 e. The summed E-state index contributed by atoms with van der Waals surface area (Å²) in [6.45, 7) is 1.11. The monoisotopic (exact) mass is 378 g/mol. The van der Waals surface area contributed by atoms with E-state index in [4.69, 9.17) is 23.8 Å². The Morgan fingerprint density at radius 2 is 1.96 bits per heavy atom. The van der Waals surface area contributed by atoms with Crippen molar-refractivity contribution in [2.24, 2.45) is 7.05 Å². The van der Waals surface area contributed by atoms with E-state index >= 15 is 0 Å². The van der Waals surface area contributed by atoms with Crippen molar-refractivity contribution in [3.8, 4) is 11.4 Å². The van der Waals surface area contributed by atoms with Gasteiger partial charge in [-0.2, -0.15) is 18.3 Å². The molecule has 0 N–H and O–H groups in total. The third-order valence-corrected chi connectivity index (χ3v) is 4.25. The van der Waals surface area contributed by atoms with Gasteiger partial charge in [-0.15, -0.1) is 0 Å². The molecule has 1 aromatic heterocycles. The molecular weight excluding hydrogens is 361 g/mol. The van der Waals surface area contributed by atoms with E-state index in [-0.39, 0.29) is 6.67 Å². The zero-order valence-corrected chi connectivity index (χ0v) is 14.9. The molecule has 0 saturated heterocycles. The van der Waals surface area contributed by atoms with Crippen molar-refractivity contribution in [1.82, 2.24) is 19.2 Å². The zero-order chi connectivity index (χ0) is 17.9. The lowest BCUT2D eigenvalue weighted by Gasteiger charge is -2.22. The molecule has 1 heterocycles. The fourth-order valence-corrected chi connectivity index (χ4v) is 2.82. The molecule has 9 heteroatoms. The van der Waals surface area contributed by atoms with Crippen molar-refractivity contribution >= 4 is 23.8 Å². The fourth-order valence-electron chi connectivity index (χ4n) is 2.42. The van der Waals surface area contributed by atoms with Crippen molar-refractivity contribution in [3.63, 3.8) is 0 Å². The van der Waals surface area contributed by atoms with E-state index in [2.05, 4.69) is 5.10 Å². The first kappa shape index (κ1) is 19.0. The molecule has 4 nitrogen and oxygen atoms in total. The second-order valence-corrected chi connectivity index (χ2v) is 6.23. The summed E-state index contributed by atoms with van der Waals surface area (Å²) >= 11 is 11.5. The van der Waals surface area contributed by atoms with Crippen LogP contribution in [0.25, 0.3) is 11.4 Å². The predicted octanol–water partition coefficient (Wildman–Crippen LogP) is 4.50. The first-order valence-corrected chi connectivity index (χ1v) is 8.19. The van der Waals surface area contributed by atoms with Crippen LogP contribution in [0.15, 0.2) is 24.3 Å². The van der Waals surface area contributed by atoms with Crippen LogP contribution in [0.3, 0.4) is 0 Å². The third kappa shape index (κ3) is 4.58. The summed E-state index contributed by atoms with van der Waals surface area (Å²) in [5, 5.41) is 4.88. The number of alkyl halides is 3. The Balaban J connectivity index is 2.33. The number of benzene rings is 1. The highest BCUT2D eigenvalue weighted by Gasteiger charge is 2.30. The normalized spacial score (nSPS) is 12.1. The largest absolute Gasteiger partial charge is 0.401 e. The lowest BCUT2D eigenvalue weighted by molar-refractivity contribution is -0.149. The Morgan fingerprint density at radius 1 is 1.29 bits per heavy atom. The highest BCUT2D eigenvalue weighted by Crippen LogP contribution is 2.26. The first-order valence-electron chi connectivity index (χ1n) is 7.40. The molecule has 1 aromatic carbocycles. The second kappa shape index (κ2) is 7.67.